The van der Waals surface area contributed by atoms with Crippen LogP contribution in [-0.2, 0) is 0 Å². The highest BCUT2D eigenvalue weighted by Gasteiger charge is 2.18. The number of hydrogen-bond donors (Lipinski definition) is 0. The normalized spacial score (nSPS) is 11.3. The lowest BCUT2D eigenvalue weighted by Gasteiger charge is -2.27. The van der Waals surface area contributed by atoms with E-state index < -0.39 is 0 Å². The average molecular weight is 700 g/mol. The Morgan fingerprint density at radius 3 is 1.45 bits per heavy atom. The van der Waals surface area contributed by atoms with E-state index in [1.165, 1.54) is 76.8 Å². The highest BCUT2D eigenvalue weighted by molar-refractivity contribution is 6.05. The third-order valence-electron chi connectivity index (χ3n) is 10.8. The molecule has 1 heteroatoms. The summed E-state index contributed by atoms with van der Waals surface area (Å²) in [6.45, 7) is 0. The maximum atomic E-state index is 2.39. The standard InChI is InChI=1S/C54H37N/c1-3-14-40(15-4-1)53-37-49(36-46-20-10-11-21-50(46)53)55(47-30-25-39(26-31-47)45-24-23-38-13-7-8-19-44(38)35-45)48-32-27-42(28-33-48)52-34-29-41-16-9-12-22-51(41)54(52)43-17-5-2-6-18-43/h1-37H. The van der Waals surface area contributed by atoms with Crippen LogP contribution in [0.3, 0.4) is 0 Å². The van der Waals surface area contributed by atoms with Gasteiger partial charge in [-0.15, -0.1) is 0 Å². The highest BCUT2D eigenvalue weighted by Crippen LogP contribution is 2.43. The van der Waals surface area contributed by atoms with Crippen molar-refractivity contribution in [1.82, 2.24) is 0 Å². The van der Waals surface area contributed by atoms with E-state index in [9.17, 15) is 0 Å². The summed E-state index contributed by atoms with van der Waals surface area (Å²) < 4.78 is 0. The van der Waals surface area contributed by atoms with Crippen molar-refractivity contribution in [3.63, 3.8) is 0 Å². The SMILES string of the molecule is c1ccc(-c2cc(N(c3ccc(-c4ccc5ccccc5c4)cc3)c3ccc(-c4ccc5ccccc5c4-c4ccccc4)cc3)cc3ccccc23)cc1. The van der Waals surface area contributed by atoms with Crippen LogP contribution in [0.25, 0.3) is 76.8 Å². The molecule has 0 atom stereocenters. The van der Waals surface area contributed by atoms with E-state index >= 15 is 0 Å². The summed E-state index contributed by atoms with van der Waals surface area (Å²) in [7, 11) is 0. The van der Waals surface area contributed by atoms with E-state index in [4.69, 9.17) is 0 Å². The molecule has 0 bridgehead atoms. The Kier molecular flexibility index (Phi) is 8.24. The molecule has 0 aliphatic heterocycles. The van der Waals surface area contributed by atoms with Crippen molar-refractivity contribution in [2.75, 3.05) is 4.90 Å². The van der Waals surface area contributed by atoms with Gasteiger partial charge in [-0.1, -0.05) is 182 Å². The number of hydrogen-bond acceptors (Lipinski definition) is 1. The van der Waals surface area contributed by atoms with Crippen molar-refractivity contribution in [1.29, 1.82) is 0 Å². The van der Waals surface area contributed by atoms with Gasteiger partial charge in [0.05, 0.1) is 0 Å². The molecule has 0 amide bonds. The van der Waals surface area contributed by atoms with Gasteiger partial charge in [0.25, 0.3) is 0 Å². The molecule has 0 unspecified atom stereocenters. The zero-order valence-corrected chi connectivity index (χ0v) is 30.3. The van der Waals surface area contributed by atoms with Crippen LogP contribution in [0.1, 0.15) is 0 Å². The van der Waals surface area contributed by atoms with Crippen molar-refractivity contribution >= 4 is 49.4 Å². The second kappa shape index (κ2) is 14.0. The average Bonchev–Trinajstić information content (AvgIpc) is 3.27. The molecular formula is C54H37N. The van der Waals surface area contributed by atoms with Gasteiger partial charge >= 0.3 is 0 Å². The monoisotopic (exact) mass is 699 g/mol. The molecule has 55 heavy (non-hydrogen) atoms. The fourth-order valence-corrected chi connectivity index (χ4v) is 8.12. The summed E-state index contributed by atoms with van der Waals surface area (Å²) in [5.41, 5.74) is 13.0. The summed E-state index contributed by atoms with van der Waals surface area (Å²) >= 11 is 0. The second-order valence-electron chi connectivity index (χ2n) is 14.1. The number of benzene rings is 10. The first kappa shape index (κ1) is 32.4. The van der Waals surface area contributed by atoms with E-state index in [0.717, 1.165) is 17.1 Å². The predicted octanol–water partition coefficient (Wildman–Crippen LogP) is 15.3. The molecular weight excluding hydrogens is 663 g/mol. The van der Waals surface area contributed by atoms with Gasteiger partial charge in [0.1, 0.15) is 0 Å². The summed E-state index contributed by atoms with van der Waals surface area (Å²) in [5, 5.41) is 7.44. The van der Waals surface area contributed by atoms with Crippen LogP contribution in [0.15, 0.2) is 224 Å². The van der Waals surface area contributed by atoms with Gasteiger partial charge < -0.3 is 4.90 Å². The van der Waals surface area contributed by atoms with E-state index in [-0.39, 0.29) is 0 Å². The third kappa shape index (κ3) is 6.12. The molecule has 0 aromatic heterocycles. The molecule has 0 N–H and O–H groups in total. The maximum Gasteiger partial charge on any atom is 0.0474 e. The maximum absolute atomic E-state index is 2.39. The van der Waals surface area contributed by atoms with Crippen LogP contribution < -0.4 is 4.90 Å². The molecule has 0 saturated heterocycles. The molecule has 0 heterocycles. The van der Waals surface area contributed by atoms with E-state index in [2.05, 4.69) is 229 Å². The van der Waals surface area contributed by atoms with E-state index in [1.54, 1.807) is 0 Å². The topological polar surface area (TPSA) is 3.24 Å². The smallest absolute Gasteiger partial charge is 0.0474 e. The van der Waals surface area contributed by atoms with Crippen molar-refractivity contribution in [3.8, 4) is 44.5 Å². The number of nitrogens with zero attached hydrogens (tertiary/aromatic N) is 1. The van der Waals surface area contributed by atoms with E-state index in [0.29, 0.717) is 0 Å². The second-order valence-corrected chi connectivity index (χ2v) is 14.1. The zero-order valence-electron chi connectivity index (χ0n) is 30.3. The Morgan fingerprint density at radius 1 is 0.236 bits per heavy atom. The lowest BCUT2D eigenvalue weighted by Crippen LogP contribution is -2.10. The fourth-order valence-electron chi connectivity index (χ4n) is 8.12. The lowest BCUT2D eigenvalue weighted by atomic mass is 9.89. The van der Waals surface area contributed by atoms with Gasteiger partial charge in [0, 0.05) is 17.1 Å². The highest BCUT2D eigenvalue weighted by atomic mass is 15.1. The molecule has 258 valence electrons. The molecule has 0 aliphatic rings. The molecule has 0 fully saturated rings. The Morgan fingerprint density at radius 2 is 0.745 bits per heavy atom. The quantitative estimate of drug-likeness (QED) is 0.160. The molecule has 10 aromatic rings. The number of fused-ring (bicyclic) bond motifs is 3. The van der Waals surface area contributed by atoms with Crippen LogP contribution in [-0.4, -0.2) is 0 Å². The largest absolute Gasteiger partial charge is 0.310 e. The van der Waals surface area contributed by atoms with Gasteiger partial charge in [0.15, 0.2) is 0 Å². The Bertz CT molecular complexity index is 2950. The summed E-state index contributed by atoms with van der Waals surface area (Å²) in [6.07, 6.45) is 0. The minimum atomic E-state index is 1.10. The first-order chi connectivity index (χ1) is 27.3. The van der Waals surface area contributed by atoms with Crippen LogP contribution in [0.4, 0.5) is 17.1 Å². The number of rotatable bonds is 7. The van der Waals surface area contributed by atoms with Gasteiger partial charge in [-0.25, -0.2) is 0 Å². The molecule has 10 rings (SSSR count). The Balaban J connectivity index is 1.12. The molecule has 1 nitrogen and oxygen atoms in total. The van der Waals surface area contributed by atoms with Crippen LogP contribution in [0.5, 0.6) is 0 Å². The molecule has 10 aromatic carbocycles. The number of anilines is 3. The van der Waals surface area contributed by atoms with Crippen LogP contribution >= 0.6 is 0 Å². The molecule has 0 saturated carbocycles. The Labute approximate surface area is 322 Å². The van der Waals surface area contributed by atoms with Crippen LogP contribution in [0.2, 0.25) is 0 Å². The first-order valence-electron chi connectivity index (χ1n) is 18.9. The van der Waals surface area contributed by atoms with Gasteiger partial charge in [0.2, 0.25) is 0 Å². The minimum Gasteiger partial charge on any atom is -0.310 e. The summed E-state index contributed by atoms with van der Waals surface area (Å²) in [4.78, 5) is 2.39. The molecule has 0 aliphatic carbocycles. The summed E-state index contributed by atoms with van der Waals surface area (Å²) in [5.74, 6) is 0. The van der Waals surface area contributed by atoms with Crippen LogP contribution in [0, 0.1) is 0 Å². The molecule has 0 radical (unpaired) electrons. The molecule has 0 spiro atoms. The van der Waals surface area contributed by atoms with Crippen molar-refractivity contribution < 1.29 is 0 Å². The van der Waals surface area contributed by atoms with Crippen molar-refractivity contribution in [3.05, 3.63) is 224 Å². The van der Waals surface area contributed by atoms with Crippen molar-refractivity contribution in [2.45, 2.75) is 0 Å². The first-order valence-corrected chi connectivity index (χ1v) is 18.9. The van der Waals surface area contributed by atoms with Gasteiger partial charge in [-0.05, 0) is 119 Å². The van der Waals surface area contributed by atoms with Gasteiger partial charge in [-0.2, -0.15) is 0 Å². The predicted molar refractivity (Wildman–Crippen MR) is 235 cm³/mol. The van der Waals surface area contributed by atoms with Gasteiger partial charge in [-0.3, -0.25) is 0 Å². The minimum absolute atomic E-state index is 1.10. The lowest BCUT2D eigenvalue weighted by molar-refractivity contribution is 1.29. The summed E-state index contributed by atoms with van der Waals surface area (Å²) in [6, 6.07) is 81.5. The fraction of sp³-hybridized carbons (Fsp3) is 0. The zero-order chi connectivity index (χ0) is 36.6. The van der Waals surface area contributed by atoms with Crippen molar-refractivity contribution in [2.24, 2.45) is 0 Å². The third-order valence-corrected chi connectivity index (χ3v) is 10.8. The van der Waals surface area contributed by atoms with E-state index in [1.807, 2.05) is 0 Å². The Hall–Kier alpha value is -7.22.